The Morgan fingerprint density at radius 2 is 1.46 bits per heavy atom. The Kier molecular flexibility index (Phi) is 6.59. The highest BCUT2D eigenvalue weighted by Crippen LogP contribution is 2.44. The first kappa shape index (κ1) is 24.8. The van der Waals surface area contributed by atoms with Gasteiger partial charge in [-0.25, -0.2) is 4.98 Å². The molecule has 1 saturated heterocycles. The van der Waals surface area contributed by atoms with Crippen LogP contribution in [0.4, 0.5) is 5.69 Å². The molecule has 0 bridgehead atoms. The molecule has 0 spiro atoms. The molecule has 6 nitrogen and oxygen atoms in total. The number of hydrogen-bond acceptors (Lipinski definition) is 4. The average Bonchev–Trinajstić information content (AvgIpc) is 3.46. The van der Waals surface area contributed by atoms with Crippen molar-refractivity contribution in [2.75, 3.05) is 4.90 Å². The van der Waals surface area contributed by atoms with E-state index in [9.17, 15) is 0 Å². The van der Waals surface area contributed by atoms with E-state index in [0.717, 1.165) is 40.1 Å². The Hall–Kier alpha value is -4.49. The van der Waals surface area contributed by atoms with Crippen LogP contribution in [0, 0.1) is 20.8 Å². The maximum absolute atomic E-state index is 6.08. The van der Waals surface area contributed by atoms with Crippen LogP contribution in [0.15, 0.2) is 103 Å². The van der Waals surface area contributed by atoms with E-state index in [-0.39, 0.29) is 12.1 Å². The number of nitrogens with zero attached hydrogens (tertiary/aromatic N) is 4. The third-order valence-corrected chi connectivity index (χ3v) is 7.45. The zero-order valence-corrected chi connectivity index (χ0v) is 22.9. The lowest BCUT2D eigenvalue weighted by Crippen LogP contribution is -2.29. The second-order valence-corrected chi connectivity index (χ2v) is 10.1. The molecule has 3 aromatic heterocycles. The van der Waals surface area contributed by atoms with Gasteiger partial charge < -0.3 is 19.5 Å². The largest absolute Gasteiger partial charge is 0.457 e. The van der Waals surface area contributed by atoms with Crippen LogP contribution in [0.5, 0.6) is 11.5 Å². The van der Waals surface area contributed by atoms with Crippen LogP contribution in [0.1, 0.15) is 40.3 Å². The number of aryl methyl sites for hydroxylation is 2. The summed E-state index contributed by atoms with van der Waals surface area (Å²) < 4.78 is 8.28. The van der Waals surface area contributed by atoms with Crippen molar-refractivity contribution in [3.63, 3.8) is 0 Å². The third-order valence-electron chi connectivity index (χ3n) is 7.14. The SMILES string of the molecule is Cc1ccc(Oc2ccc(N3C(=S)NC(c4ccccn4)C3c3cc(C)n(-c4ccccn4)c3C)cc2)cc1. The first-order valence-corrected chi connectivity index (χ1v) is 13.4. The lowest BCUT2D eigenvalue weighted by molar-refractivity contribution is 0.482. The molecule has 1 aliphatic rings. The molecule has 0 amide bonds. The molecule has 1 aliphatic heterocycles. The number of benzene rings is 2. The van der Waals surface area contributed by atoms with Crippen molar-refractivity contribution in [3.8, 4) is 17.3 Å². The number of anilines is 1. The van der Waals surface area contributed by atoms with Gasteiger partial charge in [0, 0.05) is 29.5 Å². The molecule has 39 heavy (non-hydrogen) atoms. The molecular weight excluding hydrogens is 502 g/mol. The summed E-state index contributed by atoms with van der Waals surface area (Å²) in [6.07, 6.45) is 3.65. The van der Waals surface area contributed by atoms with Crippen molar-refractivity contribution >= 4 is 23.0 Å². The number of thiocarbonyl (C=S) groups is 1. The van der Waals surface area contributed by atoms with E-state index < -0.39 is 0 Å². The van der Waals surface area contributed by atoms with Crippen LogP contribution in [0.3, 0.4) is 0 Å². The van der Waals surface area contributed by atoms with Crippen LogP contribution < -0.4 is 15.0 Å². The fraction of sp³-hybridized carbons (Fsp3) is 0.156. The normalized spacial score (nSPS) is 16.8. The van der Waals surface area contributed by atoms with Crippen LogP contribution in [0.25, 0.3) is 5.82 Å². The van der Waals surface area contributed by atoms with Crippen LogP contribution in [-0.2, 0) is 0 Å². The zero-order chi connectivity index (χ0) is 26.9. The minimum atomic E-state index is -0.125. The summed E-state index contributed by atoms with van der Waals surface area (Å²) in [4.78, 5) is 11.5. The van der Waals surface area contributed by atoms with Crippen LogP contribution in [-0.4, -0.2) is 19.6 Å². The van der Waals surface area contributed by atoms with Crippen LogP contribution >= 0.6 is 12.2 Å². The van der Waals surface area contributed by atoms with E-state index in [2.05, 4.69) is 58.7 Å². The third kappa shape index (κ3) is 4.77. The summed E-state index contributed by atoms with van der Waals surface area (Å²) in [5.41, 5.74) is 6.52. The highest BCUT2D eigenvalue weighted by Gasteiger charge is 2.42. The van der Waals surface area contributed by atoms with Gasteiger partial charge in [0.2, 0.25) is 0 Å². The Balaban J connectivity index is 1.40. The highest BCUT2D eigenvalue weighted by molar-refractivity contribution is 7.80. The van der Waals surface area contributed by atoms with Gasteiger partial charge in [-0.3, -0.25) is 4.98 Å². The van der Waals surface area contributed by atoms with Crippen molar-refractivity contribution in [2.45, 2.75) is 32.9 Å². The van der Waals surface area contributed by atoms with E-state index in [0.29, 0.717) is 5.11 Å². The van der Waals surface area contributed by atoms with Gasteiger partial charge in [0.15, 0.2) is 5.11 Å². The zero-order valence-electron chi connectivity index (χ0n) is 22.1. The predicted molar refractivity (Wildman–Crippen MR) is 159 cm³/mol. The van der Waals surface area contributed by atoms with Gasteiger partial charge in [0.05, 0.1) is 17.8 Å². The van der Waals surface area contributed by atoms with E-state index in [4.69, 9.17) is 21.9 Å². The molecule has 0 aliphatic carbocycles. The minimum absolute atomic E-state index is 0.111. The van der Waals surface area contributed by atoms with Gasteiger partial charge in [-0.05, 0) is 105 Å². The van der Waals surface area contributed by atoms with Gasteiger partial charge in [-0.15, -0.1) is 0 Å². The van der Waals surface area contributed by atoms with E-state index in [1.54, 1.807) is 0 Å². The van der Waals surface area contributed by atoms with Gasteiger partial charge in [-0.1, -0.05) is 29.8 Å². The fourth-order valence-corrected chi connectivity index (χ4v) is 5.64. The minimum Gasteiger partial charge on any atom is -0.457 e. The molecule has 194 valence electrons. The molecule has 4 heterocycles. The van der Waals surface area contributed by atoms with Crippen molar-refractivity contribution in [1.82, 2.24) is 19.9 Å². The first-order chi connectivity index (χ1) is 19.0. The lowest BCUT2D eigenvalue weighted by atomic mass is 9.96. The Morgan fingerprint density at radius 3 is 2.10 bits per heavy atom. The van der Waals surface area contributed by atoms with Gasteiger partial charge in [0.25, 0.3) is 0 Å². The summed E-state index contributed by atoms with van der Waals surface area (Å²) in [7, 11) is 0. The molecule has 5 aromatic rings. The highest BCUT2D eigenvalue weighted by atomic mass is 32.1. The molecular formula is C32H29N5OS. The first-order valence-electron chi connectivity index (χ1n) is 12.9. The Morgan fingerprint density at radius 1 is 0.795 bits per heavy atom. The van der Waals surface area contributed by atoms with E-state index >= 15 is 0 Å². The summed E-state index contributed by atoms with van der Waals surface area (Å²) in [6, 6.07) is 30.1. The number of nitrogens with one attached hydrogen (secondary N) is 1. The van der Waals surface area contributed by atoms with Gasteiger partial charge in [0.1, 0.15) is 17.3 Å². The summed E-state index contributed by atoms with van der Waals surface area (Å²) in [5.74, 6) is 2.47. The van der Waals surface area contributed by atoms with Crippen molar-refractivity contribution in [1.29, 1.82) is 0 Å². The molecule has 2 aromatic carbocycles. The molecule has 1 N–H and O–H groups in total. The molecule has 6 rings (SSSR count). The molecule has 7 heteroatoms. The van der Waals surface area contributed by atoms with Gasteiger partial charge >= 0.3 is 0 Å². The smallest absolute Gasteiger partial charge is 0.174 e. The van der Waals surface area contributed by atoms with Crippen LogP contribution in [0.2, 0.25) is 0 Å². The second-order valence-electron chi connectivity index (χ2n) is 9.76. The topological polar surface area (TPSA) is 55.2 Å². The van der Waals surface area contributed by atoms with Crippen molar-refractivity contribution in [3.05, 3.63) is 132 Å². The summed E-state index contributed by atoms with van der Waals surface area (Å²) >= 11 is 5.94. The monoisotopic (exact) mass is 531 g/mol. The van der Waals surface area contributed by atoms with E-state index in [1.165, 1.54) is 11.1 Å². The number of aromatic nitrogens is 3. The lowest BCUT2D eigenvalue weighted by Gasteiger charge is -2.28. The molecule has 0 radical (unpaired) electrons. The quantitative estimate of drug-likeness (QED) is 0.235. The molecule has 2 unspecified atom stereocenters. The summed E-state index contributed by atoms with van der Waals surface area (Å²) in [6.45, 7) is 6.32. The molecule has 0 saturated carbocycles. The number of rotatable bonds is 6. The fourth-order valence-electron chi connectivity index (χ4n) is 5.29. The van der Waals surface area contributed by atoms with Crippen molar-refractivity contribution in [2.24, 2.45) is 0 Å². The average molecular weight is 532 g/mol. The molecule has 2 atom stereocenters. The number of pyridine rings is 2. The number of ether oxygens (including phenoxy) is 1. The molecule has 1 fully saturated rings. The van der Waals surface area contributed by atoms with Gasteiger partial charge in [-0.2, -0.15) is 0 Å². The Bertz CT molecular complexity index is 1600. The summed E-state index contributed by atoms with van der Waals surface area (Å²) in [5, 5.41) is 4.22. The van der Waals surface area contributed by atoms with E-state index in [1.807, 2.05) is 85.2 Å². The maximum atomic E-state index is 6.08. The maximum Gasteiger partial charge on any atom is 0.174 e. The van der Waals surface area contributed by atoms with Crippen molar-refractivity contribution < 1.29 is 4.74 Å². The number of hydrogen-bond donors (Lipinski definition) is 1. The Labute approximate surface area is 233 Å². The predicted octanol–water partition coefficient (Wildman–Crippen LogP) is 7.16. The second kappa shape index (κ2) is 10.3. The standard InChI is InChI=1S/C32H29N5OS/c1-21-10-14-25(15-11-21)38-26-16-12-24(13-17-26)37-31(30(35-32(37)39)28-8-4-6-18-33-28)27-20-22(2)36(23(27)3)29-9-5-7-19-34-29/h4-20,30-31H,1-3H3,(H,35,39).